The smallest absolute Gasteiger partial charge is 0.338 e. The molecule has 2 aromatic heterocycles. The van der Waals surface area contributed by atoms with Crippen LogP contribution in [0.25, 0.3) is 17.4 Å². The molecule has 0 bridgehead atoms. The van der Waals surface area contributed by atoms with Gasteiger partial charge < -0.3 is 13.9 Å². The van der Waals surface area contributed by atoms with Gasteiger partial charge in [0.1, 0.15) is 24.2 Å². The molecule has 11 heteroatoms. The van der Waals surface area contributed by atoms with Crippen molar-refractivity contribution >= 4 is 58.2 Å². The number of allylic oxidation sites excluding steroid dienone is 1. The molecule has 3 heterocycles. The molecule has 5 rings (SSSR count). The molecule has 0 saturated heterocycles. The van der Waals surface area contributed by atoms with Crippen molar-refractivity contribution in [1.82, 2.24) is 4.57 Å². The molecule has 0 aliphatic carbocycles. The molecule has 7 nitrogen and oxygen atoms in total. The number of hydrogen-bond acceptors (Lipinski definition) is 7. The lowest BCUT2D eigenvalue weighted by Gasteiger charge is -2.25. The Hall–Kier alpha value is -3.14. The van der Waals surface area contributed by atoms with E-state index >= 15 is 0 Å². The zero-order chi connectivity index (χ0) is 27.7. The molecule has 0 amide bonds. The van der Waals surface area contributed by atoms with E-state index in [1.165, 1.54) is 23.0 Å². The molecular formula is C28H21Cl3N2O5S. The number of fused-ring (bicyclic) bond motifs is 1. The first-order valence-corrected chi connectivity index (χ1v) is 13.7. The quantitative estimate of drug-likeness (QED) is 0.202. The van der Waals surface area contributed by atoms with Crippen LogP contribution < -0.4 is 14.9 Å². The van der Waals surface area contributed by atoms with Crippen LogP contribution in [0.3, 0.4) is 0 Å². The lowest BCUT2D eigenvalue weighted by molar-refractivity contribution is -0.140. The number of furan rings is 1. The summed E-state index contributed by atoms with van der Waals surface area (Å²) in [6, 6.07) is 14.9. The lowest BCUT2D eigenvalue weighted by atomic mass is 9.96. The third-order valence-corrected chi connectivity index (χ3v) is 7.93. The van der Waals surface area contributed by atoms with Crippen LogP contribution in [0.4, 0.5) is 0 Å². The minimum atomic E-state index is -0.827. The summed E-state index contributed by atoms with van der Waals surface area (Å²) in [5.41, 5.74) is 1.58. The molecule has 39 heavy (non-hydrogen) atoms. The summed E-state index contributed by atoms with van der Waals surface area (Å²) in [5.74, 6) is 0.384. The summed E-state index contributed by atoms with van der Waals surface area (Å²) in [6.45, 7) is 2.01. The number of halogens is 3. The fraction of sp³-hybridized carbons (Fsp3) is 0.179. The first-order valence-electron chi connectivity index (χ1n) is 11.8. The highest BCUT2D eigenvalue weighted by Crippen LogP contribution is 2.35. The van der Waals surface area contributed by atoms with E-state index in [-0.39, 0.29) is 24.3 Å². The summed E-state index contributed by atoms with van der Waals surface area (Å²) in [7, 11) is 1.52. The molecule has 1 atom stereocenters. The summed E-state index contributed by atoms with van der Waals surface area (Å²) in [4.78, 5) is 32.0. The van der Waals surface area contributed by atoms with Gasteiger partial charge in [-0.1, -0.05) is 64.3 Å². The summed E-state index contributed by atoms with van der Waals surface area (Å²) >= 11 is 20.1. The van der Waals surface area contributed by atoms with Crippen LogP contribution in [-0.2, 0) is 14.3 Å². The average Bonchev–Trinajstić information content (AvgIpc) is 3.48. The van der Waals surface area contributed by atoms with Crippen molar-refractivity contribution in [1.29, 1.82) is 0 Å². The SMILES string of the molecule is COCCOC(=O)C1=C(C)N=c2s/c(=C\c3ccc(-c4ccc(Cl)cc4Cl)o3)c(=O)n2[C@@H]1c1ccccc1Cl. The second-order valence-electron chi connectivity index (χ2n) is 8.56. The van der Waals surface area contributed by atoms with E-state index in [0.29, 0.717) is 52.7 Å². The Balaban J connectivity index is 1.61. The van der Waals surface area contributed by atoms with Gasteiger partial charge in [-0.3, -0.25) is 9.36 Å². The molecule has 1 aliphatic rings. The Morgan fingerprint density at radius 2 is 1.90 bits per heavy atom. The average molecular weight is 604 g/mol. The monoisotopic (exact) mass is 602 g/mol. The molecule has 0 fully saturated rings. The molecule has 0 unspecified atom stereocenters. The summed E-state index contributed by atoms with van der Waals surface area (Å²) in [5, 5.41) is 1.37. The number of hydrogen-bond donors (Lipinski definition) is 0. The van der Waals surface area contributed by atoms with Crippen molar-refractivity contribution in [2.75, 3.05) is 20.3 Å². The molecule has 0 spiro atoms. The number of thiazole rings is 1. The molecule has 0 N–H and O–H groups in total. The van der Waals surface area contributed by atoms with Crippen molar-refractivity contribution in [3.63, 3.8) is 0 Å². The van der Waals surface area contributed by atoms with Gasteiger partial charge in [-0.25, -0.2) is 9.79 Å². The van der Waals surface area contributed by atoms with E-state index < -0.39 is 12.0 Å². The minimum absolute atomic E-state index is 0.0598. The van der Waals surface area contributed by atoms with Crippen molar-refractivity contribution in [2.45, 2.75) is 13.0 Å². The second-order valence-corrected chi connectivity index (χ2v) is 10.8. The predicted octanol–water partition coefficient (Wildman–Crippen LogP) is 5.65. The van der Waals surface area contributed by atoms with E-state index in [4.69, 9.17) is 48.7 Å². The normalized spacial score (nSPS) is 15.3. The van der Waals surface area contributed by atoms with Gasteiger partial charge in [-0.05, 0) is 48.9 Å². The highest BCUT2D eigenvalue weighted by Gasteiger charge is 2.34. The number of rotatable bonds is 7. The number of ether oxygens (including phenoxy) is 2. The van der Waals surface area contributed by atoms with Crippen molar-refractivity contribution in [2.24, 2.45) is 4.99 Å². The van der Waals surface area contributed by atoms with E-state index in [1.54, 1.807) is 67.6 Å². The number of carbonyl (C=O) groups is 1. The Morgan fingerprint density at radius 3 is 2.64 bits per heavy atom. The van der Waals surface area contributed by atoms with Crippen LogP contribution in [0.5, 0.6) is 0 Å². The van der Waals surface area contributed by atoms with E-state index in [0.717, 1.165) is 0 Å². The Labute approximate surface area is 242 Å². The van der Waals surface area contributed by atoms with Crippen LogP contribution in [0.1, 0.15) is 24.3 Å². The van der Waals surface area contributed by atoms with Gasteiger partial charge in [-0.2, -0.15) is 0 Å². The third kappa shape index (κ3) is 5.48. The number of carbonyl (C=O) groups excluding carboxylic acids is 1. The maximum absolute atomic E-state index is 13.8. The fourth-order valence-corrected chi connectivity index (χ4v) is 6.03. The van der Waals surface area contributed by atoms with Gasteiger partial charge in [0.25, 0.3) is 5.56 Å². The van der Waals surface area contributed by atoms with Crippen LogP contribution >= 0.6 is 46.1 Å². The van der Waals surface area contributed by atoms with Crippen LogP contribution in [0.2, 0.25) is 15.1 Å². The minimum Gasteiger partial charge on any atom is -0.460 e. The van der Waals surface area contributed by atoms with Gasteiger partial charge in [0.15, 0.2) is 4.80 Å². The highest BCUT2D eigenvalue weighted by atomic mass is 35.5. The molecule has 0 saturated carbocycles. The number of esters is 1. The lowest BCUT2D eigenvalue weighted by Crippen LogP contribution is -2.40. The van der Waals surface area contributed by atoms with Crippen LogP contribution in [-0.4, -0.2) is 30.9 Å². The zero-order valence-corrected chi connectivity index (χ0v) is 23.8. The Kier molecular flexibility index (Phi) is 8.11. The molecule has 0 radical (unpaired) electrons. The molecule has 2 aromatic carbocycles. The maximum atomic E-state index is 13.8. The summed E-state index contributed by atoms with van der Waals surface area (Å²) in [6.07, 6.45) is 1.64. The molecule has 1 aliphatic heterocycles. The van der Waals surface area contributed by atoms with Gasteiger partial charge in [0.05, 0.1) is 27.4 Å². The van der Waals surface area contributed by atoms with Gasteiger partial charge in [0.2, 0.25) is 0 Å². The first-order chi connectivity index (χ1) is 18.8. The maximum Gasteiger partial charge on any atom is 0.338 e. The second kappa shape index (κ2) is 11.5. The Bertz CT molecular complexity index is 1790. The van der Waals surface area contributed by atoms with Gasteiger partial charge >= 0.3 is 5.97 Å². The largest absolute Gasteiger partial charge is 0.460 e. The van der Waals surface area contributed by atoms with E-state index in [9.17, 15) is 9.59 Å². The van der Waals surface area contributed by atoms with Crippen molar-refractivity contribution in [3.8, 4) is 11.3 Å². The number of nitrogens with zero attached hydrogens (tertiary/aromatic N) is 2. The topological polar surface area (TPSA) is 83.0 Å². The predicted molar refractivity (Wildman–Crippen MR) is 152 cm³/mol. The van der Waals surface area contributed by atoms with Gasteiger partial charge in [-0.15, -0.1) is 0 Å². The number of methoxy groups -OCH3 is 1. The van der Waals surface area contributed by atoms with Crippen molar-refractivity contribution < 1.29 is 18.7 Å². The van der Waals surface area contributed by atoms with E-state index in [1.807, 2.05) is 0 Å². The van der Waals surface area contributed by atoms with Gasteiger partial charge in [0, 0.05) is 28.8 Å². The molecule has 200 valence electrons. The standard InChI is InChI=1S/C28H21Cl3N2O5S/c1-15-24(27(35)37-12-11-36-2)25(19-5-3-4-6-20(19)30)33-26(34)23(39-28(33)32-15)14-17-8-10-22(38-17)18-9-7-16(29)13-21(18)31/h3-10,13-14,25H,11-12H2,1-2H3/b23-14-/t25-/m1/s1. The third-order valence-electron chi connectivity index (χ3n) is 6.06. The van der Waals surface area contributed by atoms with E-state index in [2.05, 4.69) is 4.99 Å². The number of benzene rings is 2. The van der Waals surface area contributed by atoms with Crippen LogP contribution in [0.15, 0.2) is 80.1 Å². The van der Waals surface area contributed by atoms with Crippen molar-refractivity contribution in [3.05, 3.63) is 112 Å². The molecule has 4 aromatic rings. The molecular weight excluding hydrogens is 583 g/mol. The highest BCUT2D eigenvalue weighted by molar-refractivity contribution is 7.07. The van der Waals surface area contributed by atoms with Crippen LogP contribution in [0, 0.1) is 0 Å². The first kappa shape index (κ1) is 27.4. The fourth-order valence-electron chi connectivity index (χ4n) is 4.26. The Morgan fingerprint density at radius 1 is 1.10 bits per heavy atom. The zero-order valence-electron chi connectivity index (χ0n) is 20.7. The number of aromatic nitrogens is 1. The summed E-state index contributed by atoms with van der Waals surface area (Å²) < 4.78 is 18.2.